The molecule has 0 spiro atoms. The minimum atomic E-state index is -0.505. The smallest absolute Gasteiger partial charge is 0.319 e. The number of nitrogens with two attached hydrogens (primary N) is 1. The van der Waals surface area contributed by atoms with Gasteiger partial charge in [-0.05, 0) is 43.5 Å². The van der Waals surface area contributed by atoms with E-state index in [4.69, 9.17) is 5.73 Å². The maximum atomic E-state index is 11.7. The minimum absolute atomic E-state index is 0.226. The Labute approximate surface area is 157 Å². The second-order valence-corrected chi connectivity index (χ2v) is 6.07. The highest BCUT2D eigenvalue weighted by Crippen LogP contribution is 2.20. The summed E-state index contributed by atoms with van der Waals surface area (Å²) < 4.78 is 0. The Kier molecular flexibility index (Phi) is 5.61. The van der Waals surface area contributed by atoms with Gasteiger partial charge in [-0.1, -0.05) is 24.3 Å². The lowest BCUT2D eigenvalue weighted by Crippen LogP contribution is -2.28. The molecule has 3 aromatic rings. The summed E-state index contributed by atoms with van der Waals surface area (Å²) in [6.45, 7) is 2.44. The third-order valence-corrected chi connectivity index (χ3v) is 4.19. The molecule has 27 heavy (non-hydrogen) atoms. The van der Waals surface area contributed by atoms with Gasteiger partial charge in [-0.2, -0.15) is 0 Å². The number of para-hydroxylation sites is 1. The van der Waals surface area contributed by atoms with E-state index in [0.717, 1.165) is 28.8 Å². The van der Waals surface area contributed by atoms with Gasteiger partial charge in [0.05, 0.1) is 16.8 Å². The number of carbonyl (C=O) groups excluding carboxylic acids is 2. The zero-order chi connectivity index (χ0) is 19.2. The summed E-state index contributed by atoms with van der Waals surface area (Å²) >= 11 is 0. The number of carbonyl (C=O) groups is 2. The summed E-state index contributed by atoms with van der Waals surface area (Å²) in [5.41, 5.74) is 9.06. The molecule has 0 aliphatic rings. The van der Waals surface area contributed by atoms with Crippen LogP contribution in [0.25, 0.3) is 10.9 Å². The largest absolute Gasteiger partial charge is 0.366 e. The van der Waals surface area contributed by atoms with Crippen LogP contribution in [0.15, 0.2) is 48.8 Å². The lowest BCUT2D eigenvalue weighted by Gasteiger charge is -2.09. The zero-order valence-electron chi connectivity index (χ0n) is 15.0. The van der Waals surface area contributed by atoms with Crippen molar-refractivity contribution in [3.63, 3.8) is 0 Å². The van der Waals surface area contributed by atoms with Crippen LogP contribution in [-0.2, 0) is 12.8 Å². The maximum absolute atomic E-state index is 11.7. The highest BCUT2D eigenvalue weighted by atomic mass is 16.2. The second-order valence-electron chi connectivity index (χ2n) is 6.07. The summed E-state index contributed by atoms with van der Waals surface area (Å²) in [4.78, 5) is 31.8. The van der Waals surface area contributed by atoms with Crippen molar-refractivity contribution < 1.29 is 9.59 Å². The first kappa shape index (κ1) is 18.3. The van der Waals surface area contributed by atoms with Crippen LogP contribution < -0.4 is 16.4 Å². The van der Waals surface area contributed by atoms with Crippen molar-refractivity contribution in [1.82, 2.24) is 15.3 Å². The molecule has 0 bridgehead atoms. The molecule has 3 amide bonds. The third-order valence-electron chi connectivity index (χ3n) is 4.19. The van der Waals surface area contributed by atoms with Crippen molar-refractivity contribution in [3.05, 3.63) is 65.6 Å². The molecule has 0 unspecified atom stereocenters. The summed E-state index contributed by atoms with van der Waals surface area (Å²) in [5, 5.41) is 6.33. The number of hydrogen-bond acceptors (Lipinski definition) is 4. The van der Waals surface area contributed by atoms with Crippen LogP contribution >= 0.6 is 0 Å². The van der Waals surface area contributed by atoms with E-state index in [1.54, 1.807) is 12.1 Å². The van der Waals surface area contributed by atoms with E-state index in [9.17, 15) is 9.59 Å². The van der Waals surface area contributed by atoms with E-state index in [0.29, 0.717) is 24.0 Å². The van der Waals surface area contributed by atoms with E-state index in [-0.39, 0.29) is 6.03 Å². The molecule has 0 aliphatic heterocycles. The Morgan fingerprint density at radius 3 is 2.67 bits per heavy atom. The molecule has 3 rings (SSSR count). The highest BCUT2D eigenvalue weighted by Gasteiger charge is 2.11. The normalized spacial score (nSPS) is 10.6. The summed E-state index contributed by atoms with van der Waals surface area (Å²) in [7, 11) is 0. The van der Waals surface area contributed by atoms with E-state index in [1.165, 1.54) is 6.33 Å². The first-order chi connectivity index (χ1) is 13.1. The number of benzene rings is 2. The molecule has 4 N–H and O–H groups in total. The Morgan fingerprint density at radius 2 is 1.89 bits per heavy atom. The molecule has 2 aromatic carbocycles. The van der Waals surface area contributed by atoms with Gasteiger partial charge in [-0.25, -0.2) is 14.8 Å². The van der Waals surface area contributed by atoms with Gasteiger partial charge in [0.2, 0.25) is 0 Å². The number of nitrogens with zero attached hydrogens (tertiary/aromatic N) is 2. The van der Waals surface area contributed by atoms with Crippen molar-refractivity contribution >= 4 is 28.5 Å². The van der Waals surface area contributed by atoms with Crippen LogP contribution in [-0.4, -0.2) is 28.5 Å². The van der Waals surface area contributed by atoms with Crippen LogP contribution in [0.2, 0.25) is 0 Å². The van der Waals surface area contributed by atoms with Crippen LogP contribution in [0.3, 0.4) is 0 Å². The van der Waals surface area contributed by atoms with Crippen LogP contribution in [0, 0.1) is 0 Å². The first-order valence-electron chi connectivity index (χ1n) is 8.74. The SMILES string of the molecule is CCNC(=O)Nc1cccc(CCc2ncnc3c(C(N)=O)cccc23)c1. The quantitative estimate of drug-likeness (QED) is 0.625. The van der Waals surface area contributed by atoms with Gasteiger partial charge < -0.3 is 16.4 Å². The molecule has 1 aromatic heterocycles. The molecule has 0 aliphatic carbocycles. The van der Waals surface area contributed by atoms with Crippen molar-refractivity contribution in [3.8, 4) is 0 Å². The fourth-order valence-corrected chi connectivity index (χ4v) is 2.94. The number of aromatic nitrogens is 2. The Balaban J connectivity index is 1.78. The monoisotopic (exact) mass is 363 g/mol. The maximum Gasteiger partial charge on any atom is 0.319 e. The number of nitrogens with one attached hydrogen (secondary N) is 2. The molecule has 138 valence electrons. The number of amides is 3. The van der Waals surface area contributed by atoms with E-state index >= 15 is 0 Å². The first-order valence-corrected chi connectivity index (χ1v) is 8.74. The topological polar surface area (TPSA) is 110 Å². The predicted molar refractivity (Wildman–Crippen MR) is 105 cm³/mol. The van der Waals surface area contributed by atoms with Gasteiger partial charge in [0, 0.05) is 17.6 Å². The Bertz CT molecular complexity index is 987. The number of aryl methyl sites for hydroxylation is 2. The molecule has 0 radical (unpaired) electrons. The number of rotatable bonds is 6. The summed E-state index contributed by atoms with van der Waals surface area (Å²) in [6.07, 6.45) is 2.86. The molecule has 0 saturated carbocycles. The molecule has 1 heterocycles. The molecular weight excluding hydrogens is 342 g/mol. The molecular formula is C20H21N5O2. The van der Waals surface area contributed by atoms with Gasteiger partial charge in [0.1, 0.15) is 6.33 Å². The van der Waals surface area contributed by atoms with Crippen molar-refractivity contribution in [2.24, 2.45) is 5.73 Å². The molecule has 0 saturated heterocycles. The number of anilines is 1. The molecule has 0 fully saturated rings. The Hall–Kier alpha value is -3.48. The fourth-order valence-electron chi connectivity index (χ4n) is 2.94. The van der Waals surface area contributed by atoms with E-state index in [2.05, 4.69) is 20.6 Å². The number of fused-ring (bicyclic) bond motifs is 1. The lowest BCUT2D eigenvalue weighted by molar-refractivity contribution is 0.100. The lowest BCUT2D eigenvalue weighted by atomic mass is 10.0. The number of hydrogen-bond donors (Lipinski definition) is 3. The predicted octanol–water partition coefficient (Wildman–Crippen LogP) is 2.66. The van der Waals surface area contributed by atoms with Crippen molar-refractivity contribution in [1.29, 1.82) is 0 Å². The highest BCUT2D eigenvalue weighted by molar-refractivity contribution is 6.05. The zero-order valence-corrected chi connectivity index (χ0v) is 15.0. The average Bonchev–Trinajstić information content (AvgIpc) is 2.66. The molecule has 0 atom stereocenters. The van der Waals surface area contributed by atoms with Crippen molar-refractivity contribution in [2.75, 3.05) is 11.9 Å². The van der Waals surface area contributed by atoms with Crippen molar-refractivity contribution in [2.45, 2.75) is 19.8 Å². The molecule has 7 nitrogen and oxygen atoms in total. The summed E-state index contributed by atoms with van der Waals surface area (Å²) in [5.74, 6) is -0.505. The van der Waals surface area contributed by atoms with Crippen LogP contribution in [0.1, 0.15) is 28.5 Å². The number of urea groups is 1. The molecule has 7 heteroatoms. The van der Waals surface area contributed by atoms with Crippen LogP contribution in [0.4, 0.5) is 10.5 Å². The minimum Gasteiger partial charge on any atom is -0.366 e. The van der Waals surface area contributed by atoms with Crippen LogP contribution in [0.5, 0.6) is 0 Å². The van der Waals surface area contributed by atoms with Gasteiger partial charge in [0.15, 0.2) is 0 Å². The fraction of sp³-hybridized carbons (Fsp3) is 0.200. The van der Waals surface area contributed by atoms with Gasteiger partial charge >= 0.3 is 6.03 Å². The van der Waals surface area contributed by atoms with E-state index in [1.807, 2.05) is 37.3 Å². The standard InChI is InChI=1S/C20H21N5O2/c1-2-22-20(27)25-14-6-3-5-13(11-14)9-10-17-15-7-4-8-16(19(21)26)18(15)24-12-23-17/h3-8,11-12H,2,9-10H2,1H3,(H2,21,26)(H2,22,25,27). The van der Waals surface area contributed by atoms with Gasteiger partial charge in [-0.15, -0.1) is 0 Å². The number of primary amides is 1. The van der Waals surface area contributed by atoms with E-state index < -0.39 is 5.91 Å². The second kappa shape index (κ2) is 8.27. The third kappa shape index (κ3) is 4.38. The Morgan fingerprint density at radius 1 is 1.07 bits per heavy atom. The van der Waals surface area contributed by atoms with Gasteiger partial charge in [-0.3, -0.25) is 4.79 Å². The average molecular weight is 363 g/mol. The van der Waals surface area contributed by atoms with Gasteiger partial charge in [0.25, 0.3) is 5.91 Å². The summed E-state index contributed by atoms with van der Waals surface area (Å²) in [6, 6.07) is 12.8.